The summed E-state index contributed by atoms with van der Waals surface area (Å²) in [5, 5.41) is 4.24. The molecule has 0 aliphatic heterocycles. The van der Waals surface area contributed by atoms with Crippen LogP contribution in [0.5, 0.6) is 5.75 Å². The Morgan fingerprint density at radius 1 is 1.09 bits per heavy atom. The summed E-state index contributed by atoms with van der Waals surface area (Å²) in [5.74, 6) is -0.552. The van der Waals surface area contributed by atoms with Gasteiger partial charge in [-0.25, -0.2) is 18.2 Å². The number of nitrogens with one attached hydrogen (secondary N) is 1. The highest BCUT2D eigenvalue weighted by atomic mass is 35.5. The summed E-state index contributed by atoms with van der Waals surface area (Å²) < 4.78 is 46.9. The van der Waals surface area contributed by atoms with Crippen LogP contribution in [0.4, 0.5) is 4.39 Å². The Bertz CT molecular complexity index is 1250. The normalized spacial score (nSPS) is 11.6. The molecule has 0 bridgehead atoms. The van der Waals surface area contributed by atoms with Crippen molar-refractivity contribution in [3.63, 3.8) is 0 Å². The molecule has 0 saturated heterocycles. The second kappa shape index (κ2) is 11.7. The van der Waals surface area contributed by atoms with E-state index in [9.17, 15) is 17.6 Å². The minimum atomic E-state index is -4.13. The number of benzene rings is 3. The molecule has 0 aromatic heterocycles. The number of hydrogen-bond donors (Lipinski definition) is 1. The smallest absolute Gasteiger partial charge is 0.255 e. The molecule has 34 heavy (non-hydrogen) atoms. The van der Waals surface area contributed by atoms with Crippen LogP contribution in [0.3, 0.4) is 0 Å². The Morgan fingerprint density at radius 2 is 1.76 bits per heavy atom. The quantitative estimate of drug-likeness (QED) is 0.331. The Morgan fingerprint density at radius 3 is 2.41 bits per heavy atom. The average molecular weight is 504 g/mol. The van der Waals surface area contributed by atoms with Crippen molar-refractivity contribution in [1.29, 1.82) is 0 Å². The summed E-state index contributed by atoms with van der Waals surface area (Å²) in [6.07, 6.45) is 1.42. The topological polar surface area (TPSA) is 88.1 Å². The zero-order valence-corrected chi connectivity index (χ0v) is 19.9. The van der Waals surface area contributed by atoms with Gasteiger partial charge < -0.3 is 4.74 Å². The molecule has 1 N–H and O–H groups in total. The van der Waals surface area contributed by atoms with Gasteiger partial charge in [-0.05, 0) is 67.1 Å². The molecule has 3 aromatic rings. The number of sulfonamides is 1. The van der Waals surface area contributed by atoms with Crippen molar-refractivity contribution in [2.45, 2.75) is 18.4 Å². The lowest BCUT2D eigenvalue weighted by molar-refractivity contribution is -0.121. The molecular formula is C24H23ClFN3O4S. The third-order valence-corrected chi connectivity index (χ3v) is 6.73. The molecule has 0 unspecified atom stereocenters. The summed E-state index contributed by atoms with van der Waals surface area (Å²) >= 11 is 5.86. The predicted molar refractivity (Wildman–Crippen MR) is 129 cm³/mol. The third kappa shape index (κ3) is 6.86. The van der Waals surface area contributed by atoms with E-state index in [1.54, 1.807) is 30.3 Å². The predicted octanol–water partition coefficient (Wildman–Crippen LogP) is 4.22. The van der Waals surface area contributed by atoms with Crippen LogP contribution in [0.2, 0.25) is 5.02 Å². The van der Waals surface area contributed by atoms with Gasteiger partial charge in [-0.3, -0.25) is 4.79 Å². The molecule has 178 valence electrons. The number of nitrogens with zero attached hydrogens (tertiary/aromatic N) is 2. The molecule has 10 heteroatoms. The number of amides is 1. The number of carbonyl (C=O) groups excluding carboxylic acids is 1. The van der Waals surface area contributed by atoms with Crippen molar-refractivity contribution in [2.24, 2.45) is 5.10 Å². The maximum absolute atomic E-state index is 14.2. The van der Waals surface area contributed by atoms with Gasteiger partial charge in [0.25, 0.3) is 5.91 Å². The fraction of sp³-hybridized carbons (Fsp3) is 0.167. The zero-order chi connectivity index (χ0) is 24.6. The van der Waals surface area contributed by atoms with Crippen molar-refractivity contribution in [2.75, 3.05) is 13.2 Å². The van der Waals surface area contributed by atoms with Crippen molar-refractivity contribution in [3.05, 3.63) is 94.8 Å². The highest BCUT2D eigenvalue weighted by Crippen LogP contribution is 2.21. The fourth-order valence-corrected chi connectivity index (χ4v) is 4.49. The molecule has 0 fully saturated rings. The van der Waals surface area contributed by atoms with Crippen LogP contribution < -0.4 is 10.2 Å². The number of carbonyl (C=O) groups is 1. The molecule has 0 atom stereocenters. The molecular weight excluding hydrogens is 481 g/mol. The Hall–Kier alpha value is -3.27. The van der Waals surface area contributed by atoms with E-state index >= 15 is 0 Å². The lowest BCUT2D eigenvalue weighted by Gasteiger charge is -2.21. The first-order valence-corrected chi connectivity index (χ1v) is 12.2. The molecule has 0 aliphatic carbocycles. The number of hydrogen-bond acceptors (Lipinski definition) is 5. The maximum atomic E-state index is 14.2. The molecule has 3 rings (SSSR count). The van der Waals surface area contributed by atoms with Crippen molar-refractivity contribution in [1.82, 2.24) is 9.73 Å². The van der Waals surface area contributed by atoms with E-state index < -0.39 is 28.3 Å². The van der Waals surface area contributed by atoms with E-state index in [1.807, 2.05) is 6.92 Å². The summed E-state index contributed by atoms with van der Waals surface area (Å²) in [6.45, 7) is 1.52. The van der Waals surface area contributed by atoms with Crippen LogP contribution in [-0.2, 0) is 21.4 Å². The van der Waals surface area contributed by atoms with Gasteiger partial charge in [-0.1, -0.05) is 29.8 Å². The number of halogens is 2. The largest absolute Gasteiger partial charge is 0.494 e. The summed E-state index contributed by atoms with van der Waals surface area (Å²) in [7, 11) is -4.13. The zero-order valence-electron chi connectivity index (χ0n) is 18.3. The first kappa shape index (κ1) is 25.4. The molecule has 3 aromatic carbocycles. The standard InChI is InChI=1S/C24H23ClFN3O4S/c1-2-33-21-11-7-18(8-12-21)15-27-28-24(30)17-29(16-19-5-3-4-6-23(19)26)34(31,32)22-13-9-20(25)10-14-22/h3-15H,2,16-17H2,1H3,(H,28,30). The van der Waals surface area contributed by atoms with Crippen LogP contribution in [0.1, 0.15) is 18.1 Å². The SMILES string of the molecule is CCOc1ccc(C=NNC(=O)CN(Cc2ccccc2F)S(=O)(=O)c2ccc(Cl)cc2)cc1. The van der Waals surface area contributed by atoms with Gasteiger partial charge in [0.05, 0.1) is 24.3 Å². The lowest BCUT2D eigenvalue weighted by atomic mass is 10.2. The summed E-state index contributed by atoms with van der Waals surface area (Å²) in [5.41, 5.74) is 3.15. The van der Waals surface area contributed by atoms with Gasteiger partial charge in [0.1, 0.15) is 11.6 Å². The van der Waals surface area contributed by atoms with Gasteiger partial charge in [0.15, 0.2) is 0 Å². The summed E-state index contributed by atoms with van der Waals surface area (Å²) in [4.78, 5) is 12.5. The first-order valence-electron chi connectivity index (χ1n) is 10.3. The molecule has 0 saturated carbocycles. The van der Waals surface area contributed by atoms with Gasteiger partial charge in [0.2, 0.25) is 10.0 Å². The van der Waals surface area contributed by atoms with E-state index in [4.69, 9.17) is 16.3 Å². The van der Waals surface area contributed by atoms with E-state index in [0.717, 1.165) is 4.31 Å². The highest BCUT2D eigenvalue weighted by Gasteiger charge is 2.27. The number of hydrazone groups is 1. The molecule has 0 spiro atoms. The molecule has 0 aliphatic rings. The van der Waals surface area contributed by atoms with Crippen molar-refractivity contribution >= 4 is 33.7 Å². The Kier molecular flexibility index (Phi) is 8.75. The van der Waals surface area contributed by atoms with Crippen molar-refractivity contribution in [3.8, 4) is 5.75 Å². The first-order chi connectivity index (χ1) is 16.3. The van der Waals surface area contributed by atoms with E-state index in [0.29, 0.717) is 22.9 Å². The lowest BCUT2D eigenvalue weighted by Crippen LogP contribution is -2.39. The minimum Gasteiger partial charge on any atom is -0.494 e. The molecule has 0 heterocycles. The van der Waals surface area contributed by atoms with Crippen LogP contribution >= 0.6 is 11.6 Å². The molecule has 0 radical (unpaired) electrons. The molecule has 1 amide bonds. The van der Waals surface area contributed by atoms with E-state index in [1.165, 1.54) is 48.7 Å². The molecule has 7 nitrogen and oxygen atoms in total. The van der Waals surface area contributed by atoms with Gasteiger partial charge in [-0.2, -0.15) is 9.41 Å². The third-order valence-electron chi connectivity index (χ3n) is 4.67. The Balaban J connectivity index is 1.75. The number of ether oxygens (including phenoxy) is 1. The van der Waals surface area contributed by atoms with Crippen LogP contribution in [0.15, 0.2) is 82.8 Å². The van der Waals surface area contributed by atoms with Gasteiger partial charge >= 0.3 is 0 Å². The van der Waals surface area contributed by atoms with Crippen LogP contribution in [0.25, 0.3) is 0 Å². The van der Waals surface area contributed by atoms with Crippen LogP contribution in [0, 0.1) is 5.82 Å². The average Bonchev–Trinajstić information content (AvgIpc) is 2.81. The monoisotopic (exact) mass is 503 g/mol. The second-order valence-corrected chi connectivity index (χ2v) is 9.49. The van der Waals surface area contributed by atoms with Crippen molar-refractivity contribution < 1.29 is 22.3 Å². The second-order valence-electron chi connectivity index (χ2n) is 7.11. The minimum absolute atomic E-state index is 0.0704. The maximum Gasteiger partial charge on any atom is 0.255 e. The van der Waals surface area contributed by atoms with Gasteiger partial charge in [0, 0.05) is 17.1 Å². The van der Waals surface area contributed by atoms with Gasteiger partial charge in [-0.15, -0.1) is 0 Å². The Labute approximate surface area is 202 Å². The van der Waals surface area contributed by atoms with E-state index in [-0.39, 0.29) is 17.0 Å². The van der Waals surface area contributed by atoms with Crippen LogP contribution in [-0.4, -0.2) is 38.0 Å². The fourth-order valence-electron chi connectivity index (χ4n) is 2.99. The number of rotatable bonds is 10. The summed E-state index contributed by atoms with van der Waals surface area (Å²) in [6, 6.07) is 18.3. The highest BCUT2D eigenvalue weighted by molar-refractivity contribution is 7.89. The van der Waals surface area contributed by atoms with E-state index in [2.05, 4.69) is 10.5 Å².